The fourth-order valence-corrected chi connectivity index (χ4v) is 4.45. The summed E-state index contributed by atoms with van der Waals surface area (Å²) in [5.41, 5.74) is 3.09. The van der Waals surface area contributed by atoms with E-state index in [0.29, 0.717) is 6.54 Å². The maximum atomic E-state index is 5.61. The molecule has 0 fully saturated rings. The molecular weight excluding hydrogens is 422 g/mol. The van der Waals surface area contributed by atoms with Crippen molar-refractivity contribution in [2.75, 3.05) is 0 Å². The Morgan fingerprint density at radius 3 is 2.53 bits per heavy atom. The van der Waals surface area contributed by atoms with Crippen LogP contribution in [0.5, 0.6) is 0 Å². The first-order valence-electron chi connectivity index (χ1n) is 10.2. The minimum absolute atomic E-state index is 0.0607. The van der Waals surface area contributed by atoms with E-state index in [-0.39, 0.29) is 5.25 Å². The van der Waals surface area contributed by atoms with E-state index >= 15 is 0 Å². The van der Waals surface area contributed by atoms with Gasteiger partial charge in [-0.2, -0.15) is 4.68 Å². The molecule has 0 N–H and O–H groups in total. The summed E-state index contributed by atoms with van der Waals surface area (Å²) < 4.78 is 9.45. The van der Waals surface area contributed by atoms with Crippen molar-refractivity contribution >= 4 is 11.8 Å². The molecule has 0 aliphatic heterocycles. The number of rotatable bonds is 7. The minimum atomic E-state index is -0.0607. The van der Waals surface area contributed by atoms with Crippen LogP contribution in [0.1, 0.15) is 29.3 Å². The summed E-state index contributed by atoms with van der Waals surface area (Å²) >= 11 is 1.56. The second kappa shape index (κ2) is 8.80. The number of nitrogens with zero attached hydrogens (tertiary/aromatic N) is 7. The lowest BCUT2D eigenvalue weighted by molar-refractivity contribution is 0.485. The molecule has 1 unspecified atom stereocenters. The molecule has 0 saturated heterocycles. The Kier molecular flexibility index (Phi) is 5.55. The van der Waals surface area contributed by atoms with E-state index in [9.17, 15) is 0 Å². The van der Waals surface area contributed by atoms with E-state index in [0.717, 1.165) is 39.4 Å². The highest BCUT2D eigenvalue weighted by Gasteiger charge is 2.23. The summed E-state index contributed by atoms with van der Waals surface area (Å²) in [6.07, 6.45) is 1.68. The van der Waals surface area contributed by atoms with E-state index in [2.05, 4.69) is 56.3 Å². The summed E-state index contributed by atoms with van der Waals surface area (Å²) in [6, 6.07) is 21.9. The monoisotopic (exact) mass is 443 g/mol. The molecule has 0 amide bonds. The molecule has 160 valence electrons. The minimum Gasteiger partial charge on any atom is -0.467 e. The highest BCUT2D eigenvalue weighted by Crippen LogP contribution is 2.35. The Bertz CT molecular complexity index is 1310. The fourth-order valence-electron chi connectivity index (χ4n) is 3.51. The summed E-state index contributed by atoms with van der Waals surface area (Å²) in [6.45, 7) is 4.67. The number of benzene rings is 2. The molecule has 0 bridgehead atoms. The zero-order chi connectivity index (χ0) is 21.9. The molecule has 0 spiro atoms. The Morgan fingerprint density at radius 1 is 0.938 bits per heavy atom. The molecule has 0 saturated carbocycles. The average Bonchev–Trinajstić information content (AvgIpc) is 3.57. The van der Waals surface area contributed by atoms with Gasteiger partial charge < -0.3 is 4.42 Å². The van der Waals surface area contributed by atoms with Crippen LogP contribution in [-0.2, 0) is 6.54 Å². The van der Waals surface area contributed by atoms with Gasteiger partial charge in [0.15, 0.2) is 16.8 Å². The van der Waals surface area contributed by atoms with Gasteiger partial charge in [0.1, 0.15) is 5.76 Å². The lowest BCUT2D eigenvalue weighted by Gasteiger charge is -2.13. The van der Waals surface area contributed by atoms with Crippen LogP contribution in [-0.4, -0.2) is 35.0 Å². The Balaban J connectivity index is 1.50. The smallest absolute Gasteiger partial charge is 0.192 e. The van der Waals surface area contributed by atoms with Gasteiger partial charge in [-0.25, -0.2) is 0 Å². The number of aromatic nitrogens is 7. The van der Waals surface area contributed by atoms with Crippen molar-refractivity contribution in [2.45, 2.75) is 30.8 Å². The number of aryl methyl sites for hydroxylation is 1. The standard InChI is InChI=1S/C23H21N7OS/c1-16-9-6-7-13-20(16)22-24-26-23(29(22)15-19-12-8-14-31-19)32-17(2)21-25-27-28-30(21)18-10-4-3-5-11-18/h3-14,17H,15H2,1-2H3. The van der Waals surface area contributed by atoms with Crippen LogP contribution in [0.4, 0.5) is 0 Å². The largest absolute Gasteiger partial charge is 0.467 e. The number of para-hydroxylation sites is 1. The number of furan rings is 1. The Labute approximate surface area is 189 Å². The zero-order valence-corrected chi connectivity index (χ0v) is 18.5. The van der Waals surface area contributed by atoms with Gasteiger partial charge in [-0.05, 0) is 54.1 Å². The molecule has 0 aliphatic carbocycles. The lowest BCUT2D eigenvalue weighted by Crippen LogP contribution is -2.07. The fraction of sp³-hybridized carbons (Fsp3) is 0.174. The van der Waals surface area contributed by atoms with Crippen molar-refractivity contribution in [2.24, 2.45) is 0 Å². The number of tetrazole rings is 1. The molecule has 5 aromatic rings. The predicted octanol–water partition coefficient (Wildman–Crippen LogP) is 4.72. The average molecular weight is 444 g/mol. The first kappa shape index (κ1) is 20.2. The van der Waals surface area contributed by atoms with Gasteiger partial charge in [0.25, 0.3) is 0 Å². The third kappa shape index (κ3) is 3.94. The number of hydrogen-bond acceptors (Lipinski definition) is 7. The van der Waals surface area contributed by atoms with Crippen LogP contribution >= 0.6 is 11.8 Å². The molecule has 3 heterocycles. The van der Waals surface area contributed by atoms with Gasteiger partial charge in [0, 0.05) is 5.56 Å². The van der Waals surface area contributed by atoms with Crippen LogP contribution in [0.2, 0.25) is 0 Å². The highest BCUT2D eigenvalue weighted by molar-refractivity contribution is 7.99. The van der Waals surface area contributed by atoms with E-state index < -0.39 is 0 Å². The van der Waals surface area contributed by atoms with E-state index in [1.807, 2.05) is 54.6 Å². The maximum absolute atomic E-state index is 5.61. The second-order valence-corrected chi connectivity index (χ2v) is 8.64. The highest BCUT2D eigenvalue weighted by atomic mass is 32.2. The van der Waals surface area contributed by atoms with E-state index in [1.165, 1.54) is 0 Å². The zero-order valence-electron chi connectivity index (χ0n) is 17.7. The summed E-state index contributed by atoms with van der Waals surface area (Å²) in [5, 5.41) is 22.1. The molecule has 0 aliphatic rings. The van der Waals surface area contributed by atoms with Gasteiger partial charge in [-0.15, -0.1) is 15.3 Å². The van der Waals surface area contributed by atoms with Crippen molar-refractivity contribution in [1.82, 2.24) is 35.0 Å². The van der Waals surface area contributed by atoms with Gasteiger partial charge in [0.2, 0.25) is 0 Å². The SMILES string of the molecule is Cc1ccccc1-c1nnc(SC(C)c2nnnn2-c2ccccc2)n1Cc1ccco1. The molecule has 3 aromatic heterocycles. The van der Waals surface area contributed by atoms with E-state index in [1.54, 1.807) is 22.7 Å². The third-order valence-electron chi connectivity index (χ3n) is 5.14. The summed E-state index contributed by atoms with van der Waals surface area (Å²) in [4.78, 5) is 0. The van der Waals surface area contributed by atoms with Crippen molar-refractivity contribution in [1.29, 1.82) is 0 Å². The van der Waals surface area contributed by atoms with Gasteiger partial charge >= 0.3 is 0 Å². The quantitative estimate of drug-likeness (QED) is 0.336. The van der Waals surface area contributed by atoms with Gasteiger partial charge in [0.05, 0.1) is 23.7 Å². The number of hydrogen-bond donors (Lipinski definition) is 0. The normalized spacial score (nSPS) is 12.2. The molecule has 1 atom stereocenters. The van der Waals surface area contributed by atoms with E-state index in [4.69, 9.17) is 4.42 Å². The molecule has 32 heavy (non-hydrogen) atoms. The maximum Gasteiger partial charge on any atom is 0.192 e. The third-order valence-corrected chi connectivity index (χ3v) is 6.21. The van der Waals surface area contributed by atoms with Crippen LogP contribution in [0.25, 0.3) is 17.1 Å². The molecule has 9 heteroatoms. The van der Waals surface area contributed by atoms with Crippen molar-refractivity contribution in [3.63, 3.8) is 0 Å². The van der Waals surface area contributed by atoms with Crippen molar-refractivity contribution in [3.8, 4) is 17.1 Å². The van der Waals surface area contributed by atoms with Crippen LogP contribution in [0.3, 0.4) is 0 Å². The van der Waals surface area contributed by atoms with Crippen molar-refractivity contribution in [3.05, 3.63) is 90.1 Å². The summed E-state index contributed by atoms with van der Waals surface area (Å²) in [7, 11) is 0. The topological polar surface area (TPSA) is 87.5 Å². The second-order valence-electron chi connectivity index (χ2n) is 7.33. The first-order valence-corrected chi connectivity index (χ1v) is 11.1. The summed E-state index contributed by atoms with van der Waals surface area (Å²) in [5.74, 6) is 2.38. The first-order chi connectivity index (χ1) is 15.7. The lowest BCUT2D eigenvalue weighted by atomic mass is 10.1. The predicted molar refractivity (Wildman–Crippen MR) is 121 cm³/mol. The van der Waals surface area contributed by atoms with Crippen LogP contribution in [0, 0.1) is 6.92 Å². The molecule has 2 aromatic carbocycles. The molecular formula is C23H21N7OS. The van der Waals surface area contributed by atoms with Crippen LogP contribution < -0.4 is 0 Å². The number of thioether (sulfide) groups is 1. The van der Waals surface area contributed by atoms with Crippen LogP contribution in [0.15, 0.2) is 82.6 Å². The van der Waals surface area contributed by atoms with Gasteiger partial charge in [-0.3, -0.25) is 4.57 Å². The molecule has 0 radical (unpaired) electrons. The Morgan fingerprint density at radius 2 is 1.75 bits per heavy atom. The van der Waals surface area contributed by atoms with Gasteiger partial charge in [-0.1, -0.05) is 54.2 Å². The molecule has 5 rings (SSSR count). The molecule has 8 nitrogen and oxygen atoms in total. The Hall–Kier alpha value is -3.72. The van der Waals surface area contributed by atoms with Crippen molar-refractivity contribution < 1.29 is 4.42 Å².